The molecule has 0 saturated heterocycles. The second kappa shape index (κ2) is 18.3. The van der Waals surface area contributed by atoms with E-state index in [1.807, 2.05) is 0 Å². The summed E-state index contributed by atoms with van der Waals surface area (Å²) in [5, 5.41) is 0. The summed E-state index contributed by atoms with van der Waals surface area (Å²) in [5.74, 6) is 0.888. The van der Waals surface area contributed by atoms with Gasteiger partial charge in [0.05, 0.1) is 0 Å². The van der Waals surface area contributed by atoms with Crippen LogP contribution in [0.25, 0.3) is 0 Å². The lowest BCUT2D eigenvalue weighted by Crippen LogP contribution is -1.97. The molecule has 0 aromatic heterocycles. The summed E-state index contributed by atoms with van der Waals surface area (Å²) >= 11 is 0. The maximum Gasteiger partial charge on any atom is -0.00773 e. The molecule has 1 heteroatoms. The zero-order valence-corrected chi connectivity index (χ0v) is 12.9. The molecule has 0 bridgehead atoms. The second-order valence-electron chi connectivity index (χ2n) is 5.51. The predicted molar refractivity (Wildman–Crippen MR) is 81.4 cm³/mol. The van der Waals surface area contributed by atoms with Crippen LogP contribution in [-0.4, -0.2) is 6.54 Å². The molecule has 0 fully saturated rings. The van der Waals surface area contributed by atoms with Gasteiger partial charge in [-0.3, -0.25) is 0 Å². The van der Waals surface area contributed by atoms with Gasteiger partial charge in [-0.2, -0.15) is 0 Å². The molecule has 0 saturated carbocycles. The van der Waals surface area contributed by atoms with E-state index in [1.54, 1.807) is 0 Å². The Hall–Kier alpha value is -0.0400. The summed E-state index contributed by atoms with van der Waals surface area (Å²) < 4.78 is 0. The molecule has 0 heterocycles. The Morgan fingerprint density at radius 3 is 1.41 bits per heavy atom. The van der Waals surface area contributed by atoms with E-state index < -0.39 is 0 Å². The molecule has 17 heavy (non-hydrogen) atoms. The Morgan fingerprint density at radius 2 is 1.06 bits per heavy atom. The summed E-state index contributed by atoms with van der Waals surface area (Å²) in [6.45, 7) is 9.74. The molecule has 0 radical (unpaired) electrons. The second-order valence-corrected chi connectivity index (χ2v) is 5.51. The van der Waals surface area contributed by atoms with Gasteiger partial charge in [0.25, 0.3) is 0 Å². The standard InChI is InChI=1S/C13H29N.C3H8/c1-13(2)11-9-7-5-3-4-6-8-10-12-14;1-3-2/h13H,3-12,14H2,1-2H3;3H2,1-2H3. The van der Waals surface area contributed by atoms with Crippen molar-refractivity contribution in [3.8, 4) is 0 Å². The fourth-order valence-electron chi connectivity index (χ4n) is 1.76. The number of hydrogen-bond donors (Lipinski definition) is 1. The fraction of sp³-hybridized carbons (Fsp3) is 1.00. The zero-order valence-electron chi connectivity index (χ0n) is 12.9. The van der Waals surface area contributed by atoms with Gasteiger partial charge in [0.2, 0.25) is 0 Å². The van der Waals surface area contributed by atoms with Crippen LogP contribution in [0.5, 0.6) is 0 Å². The normalized spacial score (nSPS) is 10.2. The van der Waals surface area contributed by atoms with Gasteiger partial charge in [0, 0.05) is 0 Å². The molecule has 0 atom stereocenters. The van der Waals surface area contributed by atoms with Crippen LogP contribution >= 0.6 is 0 Å². The van der Waals surface area contributed by atoms with Crippen LogP contribution in [0.2, 0.25) is 0 Å². The average molecular weight is 243 g/mol. The summed E-state index contributed by atoms with van der Waals surface area (Å²) in [6.07, 6.45) is 13.8. The predicted octanol–water partition coefficient (Wildman–Crippen LogP) is 5.53. The Morgan fingerprint density at radius 1 is 0.706 bits per heavy atom. The molecule has 2 N–H and O–H groups in total. The zero-order chi connectivity index (χ0) is 13.4. The van der Waals surface area contributed by atoms with E-state index in [9.17, 15) is 0 Å². The van der Waals surface area contributed by atoms with Gasteiger partial charge in [0.15, 0.2) is 0 Å². The minimum atomic E-state index is 0.869. The number of hydrogen-bond acceptors (Lipinski definition) is 1. The van der Waals surface area contributed by atoms with E-state index >= 15 is 0 Å². The van der Waals surface area contributed by atoms with E-state index in [2.05, 4.69) is 27.7 Å². The molecule has 0 spiro atoms. The Kier molecular flexibility index (Phi) is 20.8. The maximum atomic E-state index is 5.44. The number of rotatable bonds is 10. The minimum absolute atomic E-state index is 0.869. The van der Waals surface area contributed by atoms with Crippen LogP contribution in [-0.2, 0) is 0 Å². The van der Waals surface area contributed by atoms with Gasteiger partial charge in [-0.1, -0.05) is 85.5 Å². The van der Waals surface area contributed by atoms with Crippen molar-refractivity contribution in [1.29, 1.82) is 0 Å². The lowest BCUT2D eigenvalue weighted by Gasteiger charge is -2.04. The van der Waals surface area contributed by atoms with Crippen molar-refractivity contribution >= 4 is 0 Å². The van der Waals surface area contributed by atoms with Crippen molar-refractivity contribution in [3.05, 3.63) is 0 Å². The SMILES string of the molecule is CC(C)CCCCCCCCCCN.CCC. The van der Waals surface area contributed by atoms with Crippen LogP contribution in [0.3, 0.4) is 0 Å². The molecule has 0 aliphatic carbocycles. The van der Waals surface area contributed by atoms with Gasteiger partial charge >= 0.3 is 0 Å². The molecule has 0 aliphatic heterocycles. The Labute approximate surface area is 111 Å². The van der Waals surface area contributed by atoms with E-state index in [-0.39, 0.29) is 0 Å². The van der Waals surface area contributed by atoms with Crippen molar-refractivity contribution in [2.75, 3.05) is 6.54 Å². The Bertz CT molecular complexity index is 110. The Balaban J connectivity index is 0. The van der Waals surface area contributed by atoms with E-state index in [4.69, 9.17) is 5.73 Å². The quantitative estimate of drug-likeness (QED) is 0.502. The van der Waals surface area contributed by atoms with Gasteiger partial charge < -0.3 is 5.73 Å². The van der Waals surface area contributed by atoms with Gasteiger partial charge in [-0.25, -0.2) is 0 Å². The molecule has 0 aliphatic rings. The minimum Gasteiger partial charge on any atom is -0.330 e. The van der Waals surface area contributed by atoms with Crippen molar-refractivity contribution < 1.29 is 0 Å². The van der Waals surface area contributed by atoms with Gasteiger partial charge in [-0.15, -0.1) is 0 Å². The third-order valence-electron chi connectivity index (χ3n) is 2.74. The van der Waals surface area contributed by atoms with Gasteiger partial charge in [0.1, 0.15) is 0 Å². The summed E-state index contributed by atoms with van der Waals surface area (Å²) in [5.41, 5.74) is 5.44. The van der Waals surface area contributed by atoms with E-state index in [0.717, 1.165) is 12.5 Å². The molecule has 0 rings (SSSR count). The summed E-state index contributed by atoms with van der Waals surface area (Å²) in [6, 6.07) is 0. The molecule has 106 valence electrons. The van der Waals surface area contributed by atoms with Crippen molar-refractivity contribution in [2.24, 2.45) is 11.7 Å². The lowest BCUT2D eigenvalue weighted by molar-refractivity contribution is 0.508. The number of nitrogens with two attached hydrogens (primary N) is 1. The summed E-state index contributed by atoms with van der Waals surface area (Å²) in [7, 11) is 0. The highest BCUT2D eigenvalue weighted by molar-refractivity contribution is 4.49. The highest BCUT2D eigenvalue weighted by Gasteiger charge is 1.94. The largest absolute Gasteiger partial charge is 0.330 e. The first-order chi connectivity index (χ1) is 8.18. The first-order valence-corrected chi connectivity index (χ1v) is 7.89. The first-order valence-electron chi connectivity index (χ1n) is 7.89. The highest BCUT2D eigenvalue weighted by Crippen LogP contribution is 2.12. The lowest BCUT2D eigenvalue weighted by atomic mass is 10.0. The fourth-order valence-corrected chi connectivity index (χ4v) is 1.76. The average Bonchev–Trinajstić information content (AvgIpc) is 2.27. The topological polar surface area (TPSA) is 26.0 Å². The maximum absolute atomic E-state index is 5.44. The van der Waals surface area contributed by atoms with E-state index in [1.165, 1.54) is 64.2 Å². The highest BCUT2D eigenvalue weighted by atomic mass is 14.5. The van der Waals surface area contributed by atoms with Crippen molar-refractivity contribution in [1.82, 2.24) is 0 Å². The molecule has 0 unspecified atom stereocenters. The number of unbranched alkanes of at least 4 members (excludes halogenated alkanes) is 7. The van der Waals surface area contributed by atoms with Crippen LogP contribution < -0.4 is 5.73 Å². The molecule has 0 aromatic carbocycles. The third kappa shape index (κ3) is 25.9. The van der Waals surface area contributed by atoms with Crippen LogP contribution in [0.4, 0.5) is 0 Å². The summed E-state index contributed by atoms with van der Waals surface area (Å²) in [4.78, 5) is 0. The van der Waals surface area contributed by atoms with Crippen molar-refractivity contribution in [3.63, 3.8) is 0 Å². The molecule has 0 amide bonds. The molecular formula is C16H37N. The van der Waals surface area contributed by atoms with Gasteiger partial charge in [-0.05, 0) is 18.9 Å². The van der Waals surface area contributed by atoms with Crippen LogP contribution in [0, 0.1) is 5.92 Å². The van der Waals surface area contributed by atoms with E-state index in [0.29, 0.717) is 0 Å². The smallest absolute Gasteiger partial charge is 0.00773 e. The third-order valence-corrected chi connectivity index (χ3v) is 2.74. The molecular weight excluding hydrogens is 206 g/mol. The first kappa shape index (κ1) is 19.3. The van der Waals surface area contributed by atoms with Crippen molar-refractivity contribution in [2.45, 2.75) is 91.9 Å². The monoisotopic (exact) mass is 243 g/mol. The van der Waals surface area contributed by atoms with Crippen LogP contribution in [0.1, 0.15) is 91.9 Å². The van der Waals surface area contributed by atoms with Crippen LogP contribution in [0.15, 0.2) is 0 Å². The molecule has 1 nitrogen and oxygen atoms in total. The molecule has 0 aromatic rings.